The van der Waals surface area contributed by atoms with E-state index < -0.39 is 5.82 Å². The van der Waals surface area contributed by atoms with Crippen molar-refractivity contribution in [2.75, 3.05) is 12.4 Å². The van der Waals surface area contributed by atoms with E-state index in [0.717, 1.165) is 24.8 Å². The Balaban J connectivity index is 1.70. The summed E-state index contributed by atoms with van der Waals surface area (Å²) in [6.07, 6.45) is 5.84. The number of ether oxygens (including phenoxy) is 1. The molecule has 2 heterocycles. The fourth-order valence-electron chi connectivity index (χ4n) is 4.00. The van der Waals surface area contributed by atoms with Crippen molar-refractivity contribution in [3.8, 4) is 28.3 Å². The molecule has 7 nitrogen and oxygen atoms in total. The van der Waals surface area contributed by atoms with Crippen LogP contribution in [-0.4, -0.2) is 32.8 Å². The maximum Gasteiger partial charge on any atom is 0.227 e. The van der Waals surface area contributed by atoms with E-state index in [2.05, 4.69) is 20.4 Å². The van der Waals surface area contributed by atoms with Crippen LogP contribution in [0.5, 0.6) is 5.75 Å². The van der Waals surface area contributed by atoms with Gasteiger partial charge >= 0.3 is 0 Å². The van der Waals surface area contributed by atoms with Gasteiger partial charge in [0, 0.05) is 36.4 Å². The van der Waals surface area contributed by atoms with Crippen LogP contribution in [-0.2, 0) is 11.8 Å². The normalized spacial score (nSPS) is 13.7. The lowest BCUT2D eigenvalue weighted by Gasteiger charge is -2.25. The fourth-order valence-corrected chi connectivity index (χ4v) is 4.00. The summed E-state index contributed by atoms with van der Waals surface area (Å²) in [6, 6.07) is 11.3. The summed E-state index contributed by atoms with van der Waals surface area (Å²) < 4.78 is 23.0. The first-order chi connectivity index (χ1) is 15.6. The largest absolute Gasteiger partial charge is 0.494 e. The van der Waals surface area contributed by atoms with E-state index in [1.807, 2.05) is 37.4 Å². The molecule has 1 aliphatic carbocycles. The molecule has 1 aliphatic rings. The van der Waals surface area contributed by atoms with Gasteiger partial charge in [-0.15, -0.1) is 0 Å². The Morgan fingerprint density at radius 2 is 1.97 bits per heavy atom. The van der Waals surface area contributed by atoms with Crippen molar-refractivity contribution in [1.82, 2.24) is 19.7 Å². The van der Waals surface area contributed by atoms with Crippen LogP contribution in [0.3, 0.4) is 0 Å². The number of methoxy groups -OCH3 is 1. The van der Waals surface area contributed by atoms with E-state index >= 15 is 4.39 Å². The van der Waals surface area contributed by atoms with Crippen LogP contribution in [0.25, 0.3) is 33.4 Å². The Bertz CT molecular complexity index is 1320. The molecule has 5 rings (SSSR count). The van der Waals surface area contributed by atoms with E-state index in [1.165, 1.54) is 13.4 Å². The fraction of sp³-hybridized carbons (Fsp3) is 0.250. The topological polar surface area (TPSA) is 81.9 Å². The molecule has 1 saturated carbocycles. The number of aromatic nitrogens is 4. The maximum atomic E-state index is 15.9. The van der Waals surface area contributed by atoms with Gasteiger partial charge in [-0.3, -0.25) is 9.48 Å². The van der Waals surface area contributed by atoms with Crippen molar-refractivity contribution in [1.29, 1.82) is 0 Å². The summed E-state index contributed by atoms with van der Waals surface area (Å²) in [5.74, 6) is -0.686. The molecule has 0 radical (unpaired) electrons. The summed E-state index contributed by atoms with van der Waals surface area (Å²) in [4.78, 5) is 21.2. The summed E-state index contributed by atoms with van der Waals surface area (Å²) in [5, 5.41) is 7.53. The Morgan fingerprint density at radius 3 is 2.66 bits per heavy atom. The van der Waals surface area contributed by atoms with Gasteiger partial charge in [0.25, 0.3) is 0 Å². The SMILES string of the molecule is COc1cc2ncnc(-c3cn(C)nc3-c3ccccc3)c2c(F)c1NC(=O)C1CCC1. The predicted molar refractivity (Wildman–Crippen MR) is 120 cm³/mol. The quantitative estimate of drug-likeness (QED) is 0.500. The van der Waals surface area contributed by atoms with E-state index in [4.69, 9.17) is 4.74 Å². The van der Waals surface area contributed by atoms with Crippen LogP contribution in [0.2, 0.25) is 0 Å². The third-order valence-electron chi connectivity index (χ3n) is 5.91. The highest BCUT2D eigenvalue weighted by atomic mass is 19.1. The Labute approximate surface area is 184 Å². The van der Waals surface area contributed by atoms with Crippen molar-refractivity contribution >= 4 is 22.5 Å². The lowest BCUT2D eigenvalue weighted by molar-refractivity contribution is -0.122. The zero-order valence-electron chi connectivity index (χ0n) is 17.8. The Kier molecular flexibility index (Phi) is 5.05. The number of carbonyl (C=O) groups is 1. The molecule has 1 fully saturated rings. The number of carbonyl (C=O) groups excluding carboxylic acids is 1. The highest BCUT2D eigenvalue weighted by molar-refractivity contribution is 6.02. The minimum atomic E-state index is -0.620. The van der Waals surface area contributed by atoms with Gasteiger partial charge in [0.15, 0.2) is 5.82 Å². The summed E-state index contributed by atoms with van der Waals surface area (Å²) in [6.45, 7) is 0. The average Bonchev–Trinajstić information content (AvgIpc) is 3.16. The van der Waals surface area contributed by atoms with Crippen LogP contribution < -0.4 is 10.1 Å². The van der Waals surface area contributed by atoms with Crippen LogP contribution >= 0.6 is 0 Å². The molecule has 32 heavy (non-hydrogen) atoms. The molecular weight excluding hydrogens is 409 g/mol. The molecule has 0 bridgehead atoms. The van der Waals surface area contributed by atoms with Crippen molar-refractivity contribution in [2.24, 2.45) is 13.0 Å². The van der Waals surface area contributed by atoms with Crippen molar-refractivity contribution in [3.05, 3.63) is 54.7 Å². The molecule has 0 atom stereocenters. The maximum absolute atomic E-state index is 15.9. The minimum Gasteiger partial charge on any atom is -0.494 e. The van der Waals surface area contributed by atoms with Gasteiger partial charge in [-0.05, 0) is 12.8 Å². The predicted octanol–water partition coefficient (Wildman–Crippen LogP) is 4.58. The molecule has 0 unspecified atom stereocenters. The van der Waals surface area contributed by atoms with Gasteiger partial charge in [0.1, 0.15) is 23.5 Å². The molecular formula is C24H22FN5O2. The Morgan fingerprint density at radius 1 is 1.19 bits per heavy atom. The van der Waals surface area contributed by atoms with Crippen LogP contribution in [0.4, 0.5) is 10.1 Å². The number of fused-ring (bicyclic) bond motifs is 1. The second kappa shape index (κ2) is 8.03. The molecule has 0 spiro atoms. The zero-order chi connectivity index (χ0) is 22.2. The first-order valence-corrected chi connectivity index (χ1v) is 10.5. The average molecular weight is 431 g/mol. The molecule has 0 aliphatic heterocycles. The highest BCUT2D eigenvalue weighted by Gasteiger charge is 2.28. The van der Waals surface area contributed by atoms with Crippen LogP contribution in [0.15, 0.2) is 48.9 Å². The third kappa shape index (κ3) is 3.37. The van der Waals surface area contributed by atoms with Crippen molar-refractivity contribution in [3.63, 3.8) is 0 Å². The van der Waals surface area contributed by atoms with Gasteiger partial charge < -0.3 is 10.1 Å². The molecule has 162 valence electrons. The number of aryl methyl sites for hydroxylation is 1. The highest BCUT2D eigenvalue weighted by Crippen LogP contribution is 2.40. The molecule has 1 amide bonds. The number of benzene rings is 2. The van der Waals surface area contributed by atoms with E-state index in [0.29, 0.717) is 22.5 Å². The van der Waals surface area contributed by atoms with E-state index in [1.54, 1.807) is 16.9 Å². The van der Waals surface area contributed by atoms with E-state index in [9.17, 15) is 4.79 Å². The molecule has 4 aromatic rings. The lowest BCUT2D eigenvalue weighted by atomic mass is 9.85. The van der Waals surface area contributed by atoms with Crippen molar-refractivity contribution < 1.29 is 13.9 Å². The first kappa shape index (κ1) is 20.1. The van der Waals surface area contributed by atoms with Crippen LogP contribution in [0, 0.1) is 11.7 Å². The molecule has 8 heteroatoms. The minimum absolute atomic E-state index is 0.0121. The second-order valence-electron chi connectivity index (χ2n) is 7.93. The number of rotatable bonds is 5. The molecule has 0 saturated heterocycles. The second-order valence-corrected chi connectivity index (χ2v) is 7.93. The number of hydrogen-bond donors (Lipinski definition) is 1. The van der Waals surface area contributed by atoms with Crippen LogP contribution in [0.1, 0.15) is 19.3 Å². The molecule has 2 aromatic heterocycles. The van der Waals surface area contributed by atoms with Gasteiger partial charge in [-0.25, -0.2) is 14.4 Å². The lowest BCUT2D eigenvalue weighted by Crippen LogP contribution is -2.28. The van der Waals surface area contributed by atoms with Gasteiger partial charge in [-0.2, -0.15) is 5.10 Å². The monoisotopic (exact) mass is 431 g/mol. The summed E-state index contributed by atoms with van der Waals surface area (Å²) >= 11 is 0. The molecule has 2 aromatic carbocycles. The molecule has 1 N–H and O–H groups in total. The van der Waals surface area contributed by atoms with E-state index in [-0.39, 0.29) is 28.6 Å². The number of amides is 1. The smallest absolute Gasteiger partial charge is 0.227 e. The van der Waals surface area contributed by atoms with Gasteiger partial charge in [0.05, 0.1) is 23.7 Å². The number of halogens is 1. The first-order valence-electron chi connectivity index (χ1n) is 10.5. The summed E-state index contributed by atoms with van der Waals surface area (Å²) in [5.41, 5.74) is 3.05. The standard InChI is InChI=1S/C24H22FN5O2/c1-30-12-16(21(29-30)14-7-4-3-5-8-14)22-19-17(26-13-27-22)11-18(32-2)23(20(19)25)28-24(31)15-9-6-10-15/h3-5,7-8,11-13,15H,6,9-10H2,1-2H3,(H,28,31). The van der Waals surface area contributed by atoms with Gasteiger partial charge in [-0.1, -0.05) is 36.8 Å². The summed E-state index contributed by atoms with van der Waals surface area (Å²) in [7, 11) is 3.25. The van der Waals surface area contributed by atoms with Crippen molar-refractivity contribution in [2.45, 2.75) is 19.3 Å². The number of nitrogens with one attached hydrogen (secondary N) is 1. The van der Waals surface area contributed by atoms with Gasteiger partial charge in [0.2, 0.25) is 5.91 Å². The Hall–Kier alpha value is -3.81. The number of nitrogens with zero attached hydrogens (tertiary/aromatic N) is 4. The number of hydrogen-bond acceptors (Lipinski definition) is 5. The number of anilines is 1. The zero-order valence-corrected chi connectivity index (χ0v) is 17.8. The third-order valence-corrected chi connectivity index (χ3v) is 5.91.